The van der Waals surface area contributed by atoms with Crippen molar-refractivity contribution in [1.29, 1.82) is 0 Å². The second-order valence-corrected chi connectivity index (χ2v) is 8.48. The summed E-state index contributed by atoms with van der Waals surface area (Å²) >= 11 is 0. The number of aliphatic hydroxyl groups excluding tert-OH is 1. The van der Waals surface area contributed by atoms with Crippen LogP contribution in [-0.2, 0) is 11.2 Å². The number of benzene rings is 1. The lowest BCUT2D eigenvalue weighted by atomic mass is 9.84. The molecule has 4 rings (SSSR count). The molecule has 1 fully saturated rings. The number of nitrogens with two attached hydrogens (primary N) is 1. The van der Waals surface area contributed by atoms with Gasteiger partial charge in [-0.15, -0.1) is 0 Å². The lowest BCUT2D eigenvalue weighted by Gasteiger charge is -2.37. The number of carbonyl (C=O) groups is 1. The molecule has 0 amide bonds. The summed E-state index contributed by atoms with van der Waals surface area (Å²) in [6.45, 7) is 7.36. The maximum absolute atomic E-state index is 10.9. The monoisotopic (exact) mass is 422 g/mol. The topological polar surface area (TPSA) is 108 Å². The molecular formula is C23H30N6O2. The van der Waals surface area contributed by atoms with Crippen LogP contribution in [0.25, 0.3) is 0 Å². The van der Waals surface area contributed by atoms with Gasteiger partial charge < -0.3 is 25.9 Å². The van der Waals surface area contributed by atoms with Gasteiger partial charge in [0.05, 0.1) is 17.4 Å². The van der Waals surface area contributed by atoms with E-state index in [-0.39, 0.29) is 11.8 Å². The Bertz CT molecular complexity index is 951. The molecule has 2 aliphatic rings. The molecule has 8 heteroatoms. The average Bonchev–Trinajstić information content (AvgIpc) is 2.78. The van der Waals surface area contributed by atoms with Gasteiger partial charge in [0.2, 0.25) is 5.95 Å². The molecule has 0 saturated carbocycles. The van der Waals surface area contributed by atoms with Crippen LogP contribution in [0.1, 0.15) is 31.0 Å². The normalized spacial score (nSPS) is 20.2. The Hall–Kier alpha value is -2.97. The first kappa shape index (κ1) is 21.3. The summed E-state index contributed by atoms with van der Waals surface area (Å²) in [4.78, 5) is 24.3. The summed E-state index contributed by atoms with van der Waals surface area (Å²) in [5.41, 5.74) is 9.80. The largest absolute Gasteiger partial charge is 0.512 e. The number of fused-ring (bicyclic) bond motifs is 1. The molecule has 0 radical (unpaired) electrons. The molecule has 1 aromatic heterocycles. The van der Waals surface area contributed by atoms with E-state index in [9.17, 15) is 9.90 Å². The Morgan fingerprint density at radius 3 is 2.55 bits per heavy atom. The standard InChI is InChI=1S/C23H30N6O2/c1-15(2)21-19(31)8-3-16-13-25-23(27-22(16)21)26-17-4-6-18(7-5-17)28-9-11-29(12-10-28)20(24)14-30/h4-8,13-15,20-21,31H,3,9-12,24H2,1-2H3,(H,25,26,27). The quantitative estimate of drug-likeness (QED) is 0.610. The van der Waals surface area contributed by atoms with Crippen molar-refractivity contribution < 1.29 is 9.90 Å². The number of hydrogen-bond acceptors (Lipinski definition) is 8. The fourth-order valence-corrected chi connectivity index (χ4v) is 4.29. The van der Waals surface area contributed by atoms with Crippen LogP contribution in [0.4, 0.5) is 17.3 Å². The molecule has 0 spiro atoms. The zero-order chi connectivity index (χ0) is 22.0. The summed E-state index contributed by atoms with van der Waals surface area (Å²) in [5.74, 6) is 1.08. The van der Waals surface area contributed by atoms with E-state index in [2.05, 4.69) is 41.2 Å². The van der Waals surface area contributed by atoms with Gasteiger partial charge in [-0.25, -0.2) is 9.97 Å². The molecule has 2 aromatic rings. The molecular weight excluding hydrogens is 392 g/mol. The highest BCUT2D eigenvalue weighted by Crippen LogP contribution is 2.35. The lowest BCUT2D eigenvalue weighted by molar-refractivity contribution is -0.112. The van der Waals surface area contributed by atoms with E-state index in [0.717, 1.165) is 55.1 Å². The Balaban J connectivity index is 1.43. The van der Waals surface area contributed by atoms with Crippen molar-refractivity contribution in [2.24, 2.45) is 11.7 Å². The van der Waals surface area contributed by atoms with Gasteiger partial charge in [-0.05, 0) is 48.2 Å². The molecule has 1 aliphatic heterocycles. The second-order valence-electron chi connectivity index (χ2n) is 8.48. The fraction of sp³-hybridized carbons (Fsp3) is 0.435. The first-order valence-corrected chi connectivity index (χ1v) is 10.8. The van der Waals surface area contributed by atoms with Crippen LogP contribution >= 0.6 is 0 Å². The first-order valence-electron chi connectivity index (χ1n) is 10.8. The molecule has 2 unspecified atom stereocenters. The molecule has 2 atom stereocenters. The van der Waals surface area contributed by atoms with Crippen molar-refractivity contribution in [3.8, 4) is 0 Å². The van der Waals surface area contributed by atoms with Gasteiger partial charge in [0.25, 0.3) is 0 Å². The van der Waals surface area contributed by atoms with Gasteiger partial charge in [0.1, 0.15) is 6.17 Å². The summed E-state index contributed by atoms with van der Waals surface area (Å²) < 4.78 is 0. The van der Waals surface area contributed by atoms with E-state index in [4.69, 9.17) is 10.7 Å². The van der Waals surface area contributed by atoms with Crippen LogP contribution in [0.3, 0.4) is 0 Å². The minimum atomic E-state index is -0.516. The van der Waals surface area contributed by atoms with Crippen LogP contribution in [-0.4, -0.2) is 58.6 Å². The Labute approximate surface area is 182 Å². The third-order valence-electron chi connectivity index (χ3n) is 6.07. The van der Waals surface area contributed by atoms with Gasteiger partial charge in [0, 0.05) is 43.8 Å². The molecule has 0 bridgehead atoms. The fourth-order valence-electron chi connectivity index (χ4n) is 4.29. The number of nitrogens with one attached hydrogen (secondary N) is 1. The third kappa shape index (κ3) is 4.55. The van der Waals surface area contributed by atoms with Crippen LogP contribution < -0.4 is 16.0 Å². The van der Waals surface area contributed by atoms with Crippen molar-refractivity contribution in [3.63, 3.8) is 0 Å². The Morgan fingerprint density at radius 2 is 1.90 bits per heavy atom. The van der Waals surface area contributed by atoms with Gasteiger partial charge in [-0.1, -0.05) is 13.8 Å². The molecule has 1 aliphatic carbocycles. The van der Waals surface area contributed by atoms with Gasteiger partial charge in [0.15, 0.2) is 6.29 Å². The Kier molecular flexibility index (Phi) is 6.20. The molecule has 2 heterocycles. The van der Waals surface area contributed by atoms with Crippen LogP contribution in [0.15, 0.2) is 42.3 Å². The predicted molar refractivity (Wildman–Crippen MR) is 122 cm³/mol. The number of piperazine rings is 1. The number of anilines is 3. The first-order chi connectivity index (χ1) is 15.0. The lowest BCUT2D eigenvalue weighted by Crippen LogP contribution is -2.53. The maximum atomic E-state index is 10.9. The van der Waals surface area contributed by atoms with E-state index in [1.165, 1.54) is 0 Å². The zero-order valence-electron chi connectivity index (χ0n) is 18.0. The maximum Gasteiger partial charge on any atom is 0.227 e. The van der Waals surface area contributed by atoms with Crippen molar-refractivity contribution in [3.05, 3.63) is 53.6 Å². The van der Waals surface area contributed by atoms with Crippen LogP contribution in [0, 0.1) is 5.92 Å². The highest BCUT2D eigenvalue weighted by molar-refractivity contribution is 5.60. The molecule has 1 aromatic carbocycles. The number of allylic oxidation sites excluding steroid dienone is 2. The molecule has 164 valence electrons. The van der Waals surface area contributed by atoms with E-state index >= 15 is 0 Å². The highest BCUT2D eigenvalue weighted by Gasteiger charge is 2.28. The van der Waals surface area contributed by atoms with E-state index in [1.54, 1.807) is 0 Å². The number of aliphatic hydroxyl groups is 1. The van der Waals surface area contributed by atoms with E-state index in [1.807, 2.05) is 29.3 Å². The van der Waals surface area contributed by atoms with Crippen LogP contribution in [0.5, 0.6) is 0 Å². The molecule has 8 nitrogen and oxygen atoms in total. The van der Waals surface area contributed by atoms with E-state index < -0.39 is 6.17 Å². The van der Waals surface area contributed by atoms with Gasteiger partial charge >= 0.3 is 0 Å². The van der Waals surface area contributed by atoms with Crippen molar-refractivity contribution in [2.75, 3.05) is 36.4 Å². The minimum absolute atomic E-state index is 0.0966. The minimum Gasteiger partial charge on any atom is -0.512 e. The summed E-state index contributed by atoms with van der Waals surface area (Å²) in [5, 5.41) is 13.6. The summed E-state index contributed by atoms with van der Waals surface area (Å²) in [7, 11) is 0. The van der Waals surface area contributed by atoms with Gasteiger partial charge in [-0.2, -0.15) is 0 Å². The number of rotatable bonds is 6. The number of hydrogen-bond donors (Lipinski definition) is 3. The molecule has 31 heavy (non-hydrogen) atoms. The van der Waals surface area contributed by atoms with Gasteiger partial charge in [-0.3, -0.25) is 4.90 Å². The van der Waals surface area contributed by atoms with E-state index in [0.29, 0.717) is 18.1 Å². The number of carbonyl (C=O) groups excluding carboxylic acids is 1. The number of nitrogens with zero attached hydrogens (tertiary/aromatic N) is 4. The zero-order valence-corrected chi connectivity index (χ0v) is 18.0. The van der Waals surface area contributed by atoms with Crippen molar-refractivity contribution in [1.82, 2.24) is 14.9 Å². The molecule has 1 saturated heterocycles. The smallest absolute Gasteiger partial charge is 0.227 e. The predicted octanol–water partition coefficient (Wildman–Crippen LogP) is 2.56. The van der Waals surface area contributed by atoms with Crippen molar-refractivity contribution in [2.45, 2.75) is 32.4 Å². The third-order valence-corrected chi connectivity index (χ3v) is 6.07. The SMILES string of the molecule is CC(C)C1C(O)=CCc2cnc(Nc3ccc(N4CCN(C(N)C=O)CC4)cc3)nc21. The van der Waals surface area contributed by atoms with Crippen molar-refractivity contribution >= 4 is 23.6 Å². The number of aldehydes is 1. The average molecular weight is 423 g/mol. The Morgan fingerprint density at radius 1 is 1.19 bits per heavy atom. The summed E-state index contributed by atoms with van der Waals surface area (Å²) in [6.07, 6.45) is 4.64. The highest BCUT2D eigenvalue weighted by atomic mass is 16.3. The second kappa shape index (κ2) is 9.03. The summed E-state index contributed by atoms with van der Waals surface area (Å²) in [6, 6.07) is 8.17. The van der Waals surface area contributed by atoms with Crippen LogP contribution in [0.2, 0.25) is 0 Å². The molecule has 4 N–H and O–H groups in total. The number of aromatic nitrogens is 2.